The number of hydrogen-bond acceptors (Lipinski definition) is 1. The second kappa shape index (κ2) is 7.20. The summed E-state index contributed by atoms with van der Waals surface area (Å²) < 4.78 is 37.3. The summed E-state index contributed by atoms with van der Waals surface area (Å²) in [5.74, 6) is 5.82. The molecule has 0 aliphatic rings. The highest BCUT2D eigenvalue weighted by Crippen LogP contribution is 2.29. The van der Waals surface area contributed by atoms with Crippen LogP contribution in [0.25, 0.3) is 0 Å². The van der Waals surface area contributed by atoms with Crippen molar-refractivity contribution < 1.29 is 13.2 Å². The zero-order chi connectivity index (χ0) is 14.3. The Labute approximate surface area is 112 Å². The first-order valence-corrected chi connectivity index (χ1v) is 6.20. The molecule has 0 aromatic heterocycles. The molecule has 0 amide bonds. The molecule has 4 heteroatoms. The summed E-state index contributed by atoms with van der Waals surface area (Å²) in [7, 11) is 1.86. The fourth-order valence-corrected chi connectivity index (χ4v) is 1.83. The number of hydrogen-bond donors (Lipinski definition) is 1. The molecule has 19 heavy (non-hydrogen) atoms. The molecule has 0 aliphatic carbocycles. The van der Waals surface area contributed by atoms with Gasteiger partial charge < -0.3 is 5.32 Å². The lowest BCUT2D eigenvalue weighted by Gasteiger charge is -2.15. The number of benzene rings is 1. The number of halogens is 3. The van der Waals surface area contributed by atoms with Gasteiger partial charge in [-0.05, 0) is 44.5 Å². The Bertz CT molecular complexity index is 437. The van der Waals surface area contributed by atoms with E-state index in [1.807, 2.05) is 7.05 Å². The van der Waals surface area contributed by atoms with Crippen molar-refractivity contribution in [2.45, 2.75) is 38.4 Å². The van der Waals surface area contributed by atoms with Crippen molar-refractivity contribution in [3.8, 4) is 11.8 Å². The van der Waals surface area contributed by atoms with Gasteiger partial charge in [0, 0.05) is 12.5 Å². The highest BCUT2D eigenvalue weighted by Gasteiger charge is 2.29. The largest absolute Gasteiger partial charge is 0.416 e. The number of rotatable bonds is 5. The summed E-state index contributed by atoms with van der Waals surface area (Å²) in [5, 5.41) is 3.16. The molecule has 0 aliphatic heterocycles. The minimum Gasteiger partial charge on any atom is -0.317 e. The molecule has 0 saturated heterocycles. The molecule has 1 aromatic carbocycles. The highest BCUT2D eigenvalue weighted by molar-refractivity contribution is 5.25. The van der Waals surface area contributed by atoms with E-state index in [0.29, 0.717) is 6.42 Å². The molecule has 0 bridgehead atoms. The van der Waals surface area contributed by atoms with Crippen molar-refractivity contribution in [2.75, 3.05) is 7.05 Å². The van der Waals surface area contributed by atoms with E-state index in [2.05, 4.69) is 17.2 Å². The van der Waals surface area contributed by atoms with Gasteiger partial charge in [-0.2, -0.15) is 13.2 Å². The minimum atomic E-state index is -4.27. The Morgan fingerprint density at radius 3 is 2.32 bits per heavy atom. The molecule has 104 valence electrons. The second-order valence-corrected chi connectivity index (χ2v) is 4.35. The average Bonchev–Trinajstić information content (AvgIpc) is 2.37. The van der Waals surface area contributed by atoms with Crippen LogP contribution < -0.4 is 5.32 Å². The van der Waals surface area contributed by atoms with Crippen molar-refractivity contribution in [3.05, 3.63) is 35.4 Å². The van der Waals surface area contributed by atoms with Gasteiger partial charge in [0.2, 0.25) is 0 Å². The van der Waals surface area contributed by atoms with E-state index < -0.39 is 11.7 Å². The van der Waals surface area contributed by atoms with Crippen LogP contribution in [0.2, 0.25) is 0 Å². The third-order valence-corrected chi connectivity index (χ3v) is 2.97. The van der Waals surface area contributed by atoms with Crippen LogP contribution in [0.4, 0.5) is 13.2 Å². The second-order valence-electron chi connectivity index (χ2n) is 4.35. The zero-order valence-electron chi connectivity index (χ0n) is 11.1. The fraction of sp³-hybridized carbons (Fsp3) is 0.467. The van der Waals surface area contributed by atoms with Gasteiger partial charge in [0.05, 0.1) is 5.56 Å². The highest BCUT2D eigenvalue weighted by atomic mass is 19.4. The topological polar surface area (TPSA) is 12.0 Å². The van der Waals surface area contributed by atoms with Crippen molar-refractivity contribution in [1.29, 1.82) is 0 Å². The lowest BCUT2D eigenvalue weighted by molar-refractivity contribution is -0.137. The van der Waals surface area contributed by atoms with E-state index in [-0.39, 0.29) is 6.04 Å². The van der Waals surface area contributed by atoms with E-state index in [9.17, 15) is 13.2 Å². The van der Waals surface area contributed by atoms with Crippen LogP contribution in [0.1, 0.15) is 30.9 Å². The standard InChI is InChI=1S/C15H18F3N/c1-3-4-5-6-14(19-2)11-12-7-9-13(10-8-12)15(16,17)18/h7-10,14,19H,5-6,11H2,1-2H3. The molecular formula is C15H18F3N. The Balaban J connectivity index is 2.62. The minimum absolute atomic E-state index is 0.234. The first kappa shape index (κ1) is 15.6. The molecular weight excluding hydrogens is 251 g/mol. The van der Waals surface area contributed by atoms with Crippen LogP contribution in [0.3, 0.4) is 0 Å². The van der Waals surface area contributed by atoms with E-state index in [1.54, 1.807) is 19.1 Å². The first-order chi connectivity index (χ1) is 8.97. The van der Waals surface area contributed by atoms with E-state index in [0.717, 1.165) is 30.5 Å². The molecule has 1 unspecified atom stereocenters. The molecule has 1 atom stereocenters. The number of likely N-dealkylation sites (N-methyl/N-ethyl adjacent to an activating group) is 1. The van der Waals surface area contributed by atoms with Crippen molar-refractivity contribution in [3.63, 3.8) is 0 Å². The molecule has 0 heterocycles. The summed E-state index contributed by atoms with van der Waals surface area (Å²) in [6, 6.07) is 5.58. The summed E-state index contributed by atoms with van der Waals surface area (Å²) in [5.41, 5.74) is 0.297. The zero-order valence-corrected chi connectivity index (χ0v) is 11.1. The van der Waals surface area contributed by atoms with Gasteiger partial charge in [-0.15, -0.1) is 11.8 Å². The van der Waals surface area contributed by atoms with Crippen molar-refractivity contribution >= 4 is 0 Å². The molecule has 0 radical (unpaired) electrons. The monoisotopic (exact) mass is 269 g/mol. The third-order valence-electron chi connectivity index (χ3n) is 2.97. The fourth-order valence-electron chi connectivity index (χ4n) is 1.83. The Morgan fingerprint density at radius 1 is 1.21 bits per heavy atom. The summed E-state index contributed by atoms with van der Waals surface area (Å²) in [6.45, 7) is 1.80. The maximum Gasteiger partial charge on any atom is 0.416 e. The molecule has 1 aromatic rings. The lowest BCUT2D eigenvalue weighted by atomic mass is 10.0. The van der Waals surface area contributed by atoms with Gasteiger partial charge in [-0.1, -0.05) is 12.1 Å². The number of alkyl halides is 3. The molecule has 1 rings (SSSR count). The Morgan fingerprint density at radius 2 is 1.84 bits per heavy atom. The van der Waals surface area contributed by atoms with Crippen molar-refractivity contribution in [1.82, 2.24) is 5.32 Å². The predicted octanol–water partition coefficient (Wildman–Crippen LogP) is 3.64. The maximum absolute atomic E-state index is 12.4. The van der Waals surface area contributed by atoms with Crippen LogP contribution in [-0.2, 0) is 12.6 Å². The normalized spacial score (nSPS) is 12.7. The predicted molar refractivity (Wildman–Crippen MR) is 70.7 cm³/mol. The summed E-state index contributed by atoms with van der Waals surface area (Å²) in [4.78, 5) is 0. The summed E-state index contributed by atoms with van der Waals surface area (Å²) >= 11 is 0. The van der Waals surface area contributed by atoms with Crippen LogP contribution in [0.15, 0.2) is 24.3 Å². The van der Waals surface area contributed by atoms with Gasteiger partial charge in [-0.25, -0.2) is 0 Å². The molecule has 1 N–H and O–H groups in total. The maximum atomic E-state index is 12.4. The van der Waals surface area contributed by atoms with Crippen molar-refractivity contribution in [2.24, 2.45) is 0 Å². The third kappa shape index (κ3) is 5.35. The van der Waals surface area contributed by atoms with Gasteiger partial charge in [0.15, 0.2) is 0 Å². The van der Waals surface area contributed by atoms with Crippen LogP contribution in [-0.4, -0.2) is 13.1 Å². The smallest absolute Gasteiger partial charge is 0.317 e. The van der Waals surface area contributed by atoms with Gasteiger partial charge in [0.1, 0.15) is 0 Å². The molecule has 1 nitrogen and oxygen atoms in total. The van der Waals surface area contributed by atoms with Crippen LogP contribution in [0, 0.1) is 11.8 Å². The van der Waals surface area contributed by atoms with Gasteiger partial charge in [-0.3, -0.25) is 0 Å². The number of nitrogens with one attached hydrogen (secondary N) is 1. The van der Waals surface area contributed by atoms with Gasteiger partial charge in [0.25, 0.3) is 0 Å². The Kier molecular flexibility index (Phi) is 5.91. The molecule has 0 spiro atoms. The van der Waals surface area contributed by atoms with Crippen LogP contribution >= 0.6 is 0 Å². The molecule has 0 fully saturated rings. The van der Waals surface area contributed by atoms with E-state index in [1.165, 1.54) is 0 Å². The van der Waals surface area contributed by atoms with Crippen LogP contribution in [0.5, 0.6) is 0 Å². The average molecular weight is 269 g/mol. The van der Waals surface area contributed by atoms with Gasteiger partial charge >= 0.3 is 6.18 Å². The Hall–Kier alpha value is -1.47. The molecule has 0 saturated carbocycles. The SMILES string of the molecule is CC#CCCC(Cc1ccc(C(F)(F)F)cc1)NC. The van der Waals surface area contributed by atoms with E-state index in [4.69, 9.17) is 0 Å². The summed E-state index contributed by atoms with van der Waals surface area (Å²) in [6.07, 6.45) is -1.88. The first-order valence-electron chi connectivity index (χ1n) is 6.20. The van der Waals surface area contributed by atoms with E-state index >= 15 is 0 Å². The lowest BCUT2D eigenvalue weighted by Crippen LogP contribution is -2.27. The quantitative estimate of drug-likeness (QED) is 0.805.